The molecule has 4 aromatic rings. The van der Waals surface area contributed by atoms with Gasteiger partial charge in [-0.05, 0) is 48.2 Å². The van der Waals surface area contributed by atoms with Crippen molar-refractivity contribution in [3.63, 3.8) is 0 Å². The summed E-state index contributed by atoms with van der Waals surface area (Å²) in [6.07, 6.45) is 0. The molecule has 0 aliphatic rings. The number of nitrogens with one attached hydrogen (secondary N) is 1. The fourth-order valence-corrected chi connectivity index (χ4v) is 4.58. The second kappa shape index (κ2) is 7.94. The second-order valence-corrected chi connectivity index (χ2v) is 8.32. The summed E-state index contributed by atoms with van der Waals surface area (Å²) in [5, 5.41) is 3.96. The minimum atomic E-state index is -0.109. The molecule has 4 rings (SSSR count). The van der Waals surface area contributed by atoms with Crippen molar-refractivity contribution in [1.82, 2.24) is 4.98 Å². The third-order valence-electron chi connectivity index (χ3n) is 4.11. The van der Waals surface area contributed by atoms with Crippen molar-refractivity contribution in [3.05, 3.63) is 78.4 Å². The summed E-state index contributed by atoms with van der Waals surface area (Å²) in [5.74, 6) is 0.869. The Morgan fingerprint density at radius 1 is 1.04 bits per heavy atom. The van der Waals surface area contributed by atoms with E-state index in [4.69, 9.17) is 4.98 Å². The summed E-state index contributed by atoms with van der Waals surface area (Å²) in [6, 6.07) is 23.6. The molecule has 0 radical (unpaired) electrons. The molecule has 0 saturated heterocycles. The van der Waals surface area contributed by atoms with Crippen molar-refractivity contribution < 1.29 is 4.79 Å². The lowest BCUT2D eigenvalue weighted by Gasteiger charge is -2.10. The van der Waals surface area contributed by atoms with Gasteiger partial charge in [-0.2, -0.15) is 0 Å². The number of carbonyl (C=O) groups is 1. The van der Waals surface area contributed by atoms with E-state index in [0.717, 1.165) is 37.1 Å². The molecule has 0 saturated carbocycles. The summed E-state index contributed by atoms with van der Waals surface area (Å²) < 4.78 is 1.14. The Balaban J connectivity index is 1.65. The van der Waals surface area contributed by atoms with Gasteiger partial charge in [0.25, 0.3) is 5.91 Å². The first-order valence-corrected chi connectivity index (χ1v) is 10.5. The van der Waals surface area contributed by atoms with Gasteiger partial charge in [-0.15, -0.1) is 23.1 Å². The predicted octanol–water partition coefficient (Wildman–Crippen LogP) is 6.33. The Hall–Kier alpha value is -2.63. The number of thiazole rings is 1. The number of fused-ring (bicyclic) bond motifs is 1. The third kappa shape index (κ3) is 3.89. The summed E-state index contributed by atoms with van der Waals surface area (Å²) in [4.78, 5) is 18.6. The van der Waals surface area contributed by atoms with Gasteiger partial charge in [-0.25, -0.2) is 4.98 Å². The molecule has 0 aliphatic heterocycles. The highest BCUT2D eigenvalue weighted by Gasteiger charge is 2.13. The van der Waals surface area contributed by atoms with Gasteiger partial charge in [-0.3, -0.25) is 4.79 Å². The number of carbonyl (C=O) groups excluding carboxylic acids is 1. The van der Waals surface area contributed by atoms with E-state index in [9.17, 15) is 4.79 Å². The molecular formula is C22H18N2OS2. The Morgan fingerprint density at radius 3 is 2.70 bits per heavy atom. The summed E-state index contributed by atoms with van der Waals surface area (Å²) in [7, 11) is 0. The average Bonchev–Trinajstić information content (AvgIpc) is 3.13. The largest absolute Gasteiger partial charge is 0.321 e. The van der Waals surface area contributed by atoms with Gasteiger partial charge in [0.15, 0.2) is 0 Å². The minimum absolute atomic E-state index is 0.109. The number of aromatic nitrogens is 1. The van der Waals surface area contributed by atoms with Crippen molar-refractivity contribution >= 4 is 44.9 Å². The molecule has 5 heteroatoms. The lowest BCUT2D eigenvalue weighted by Crippen LogP contribution is -2.12. The Morgan fingerprint density at radius 2 is 1.85 bits per heavy atom. The molecule has 0 bridgehead atoms. The van der Waals surface area contributed by atoms with Crippen molar-refractivity contribution in [2.24, 2.45) is 0 Å². The van der Waals surface area contributed by atoms with E-state index in [-0.39, 0.29) is 5.91 Å². The number of amides is 1. The number of para-hydroxylation sites is 2. The van der Waals surface area contributed by atoms with E-state index in [1.165, 1.54) is 0 Å². The fourth-order valence-electron chi connectivity index (χ4n) is 2.85. The Kier molecular flexibility index (Phi) is 5.23. The number of thioether (sulfide) groups is 1. The van der Waals surface area contributed by atoms with E-state index in [1.807, 2.05) is 66.7 Å². The van der Waals surface area contributed by atoms with Crippen LogP contribution in [0, 0.1) is 0 Å². The molecule has 1 heterocycles. The maximum Gasteiger partial charge on any atom is 0.255 e. The van der Waals surface area contributed by atoms with Crippen molar-refractivity contribution in [1.29, 1.82) is 0 Å². The highest BCUT2D eigenvalue weighted by Crippen LogP contribution is 2.34. The molecule has 3 aromatic carbocycles. The Bertz CT molecular complexity index is 1070. The quantitative estimate of drug-likeness (QED) is 0.405. The number of benzene rings is 3. The van der Waals surface area contributed by atoms with E-state index in [0.29, 0.717) is 5.56 Å². The molecule has 0 atom stereocenters. The topological polar surface area (TPSA) is 42.0 Å². The van der Waals surface area contributed by atoms with Crippen molar-refractivity contribution in [2.45, 2.75) is 11.8 Å². The molecule has 1 amide bonds. The number of anilines is 1. The SMILES string of the molecule is CCSc1cccc(C(=O)Nc2ccccc2-c2nc3ccccc3s2)c1. The van der Waals surface area contributed by atoms with Crippen LogP contribution in [0.4, 0.5) is 5.69 Å². The zero-order valence-corrected chi connectivity index (χ0v) is 16.4. The van der Waals surface area contributed by atoms with Gasteiger partial charge in [0.2, 0.25) is 0 Å². The van der Waals surface area contributed by atoms with Gasteiger partial charge < -0.3 is 5.32 Å². The van der Waals surface area contributed by atoms with E-state index >= 15 is 0 Å². The predicted molar refractivity (Wildman–Crippen MR) is 116 cm³/mol. The fraction of sp³-hybridized carbons (Fsp3) is 0.0909. The molecule has 134 valence electrons. The number of rotatable bonds is 5. The molecule has 0 fully saturated rings. The molecule has 3 nitrogen and oxygen atoms in total. The first kappa shape index (κ1) is 17.8. The van der Waals surface area contributed by atoms with Crippen molar-refractivity contribution in [2.75, 3.05) is 11.1 Å². The van der Waals surface area contributed by atoms with Crippen LogP contribution in [0.1, 0.15) is 17.3 Å². The van der Waals surface area contributed by atoms with Gasteiger partial charge in [-0.1, -0.05) is 37.3 Å². The first-order valence-electron chi connectivity index (χ1n) is 8.74. The maximum atomic E-state index is 12.8. The lowest BCUT2D eigenvalue weighted by atomic mass is 10.1. The van der Waals surface area contributed by atoms with Crippen LogP contribution in [-0.2, 0) is 0 Å². The zero-order valence-electron chi connectivity index (χ0n) is 14.8. The molecule has 1 aromatic heterocycles. The van der Waals surface area contributed by atoms with Crippen LogP contribution in [0.3, 0.4) is 0 Å². The molecule has 27 heavy (non-hydrogen) atoms. The summed E-state index contributed by atoms with van der Waals surface area (Å²) in [6.45, 7) is 2.10. The first-order chi connectivity index (χ1) is 13.2. The van der Waals surface area contributed by atoms with Crippen molar-refractivity contribution in [3.8, 4) is 10.6 Å². The Labute approximate surface area is 166 Å². The molecule has 1 N–H and O–H groups in total. The van der Waals surface area contributed by atoms with Gasteiger partial charge in [0.05, 0.1) is 15.9 Å². The number of hydrogen-bond donors (Lipinski definition) is 1. The van der Waals surface area contributed by atoms with Crippen LogP contribution in [-0.4, -0.2) is 16.6 Å². The average molecular weight is 391 g/mol. The molecule has 0 spiro atoms. The van der Waals surface area contributed by atoms with Crippen LogP contribution in [0.5, 0.6) is 0 Å². The minimum Gasteiger partial charge on any atom is -0.321 e. The van der Waals surface area contributed by atoms with E-state index in [2.05, 4.69) is 18.3 Å². The van der Waals surface area contributed by atoms with Crippen LogP contribution in [0.15, 0.2) is 77.7 Å². The lowest BCUT2D eigenvalue weighted by molar-refractivity contribution is 0.102. The molecular weight excluding hydrogens is 372 g/mol. The second-order valence-electron chi connectivity index (χ2n) is 5.95. The van der Waals surface area contributed by atoms with E-state index < -0.39 is 0 Å². The van der Waals surface area contributed by atoms with Gasteiger partial charge in [0, 0.05) is 16.0 Å². The monoisotopic (exact) mass is 390 g/mol. The van der Waals surface area contributed by atoms with Gasteiger partial charge in [0.1, 0.15) is 5.01 Å². The number of nitrogens with zero attached hydrogens (tertiary/aromatic N) is 1. The van der Waals surface area contributed by atoms with E-state index in [1.54, 1.807) is 23.1 Å². The van der Waals surface area contributed by atoms with Crippen LogP contribution < -0.4 is 5.32 Å². The number of hydrogen-bond acceptors (Lipinski definition) is 4. The van der Waals surface area contributed by atoms with Crippen LogP contribution in [0.25, 0.3) is 20.8 Å². The summed E-state index contributed by atoms with van der Waals surface area (Å²) >= 11 is 3.36. The van der Waals surface area contributed by atoms with Crippen LogP contribution in [0.2, 0.25) is 0 Å². The highest BCUT2D eigenvalue weighted by atomic mass is 32.2. The van der Waals surface area contributed by atoms with Crippen LogP contribution >= 0.6 is 23.1 Å². The molecule has 0 unspecified atom stereocenters. The normalized spacial score (nSPS) is 10.9. The maximum absolute atomic E-state index is 12.8. The summed E-state index contributed by atoms with van der Waals surface area (Å²) in [5.41, 5.74) is 3.34. The third-order valence-corrected chi connectivity index (χ3v) is 6.05. The van der Waals surface area contributed by atoms with Gasteiger partial charge >= 0.3 is 0 Å². The standard InChI is InChI=1S/C22H18N2OS2/c1-2-26-16-9-7-8-15(14-16)21(25)23-18-11-4-3-10-17(18)22-24-19-12-5-6-13-20(19)27-22/h3-14H,2H2,1H3,(H,23,25). The zero-order chi connectivity index (χ0) is 18.6. The molecule has 0 aliphatic carbocycles. The highest BCUT2D eigenvalue weighted by molar-refractivity contribution is 7.99. The smallest absolute Gasteiger partial charge is 0.255 e.